The van der Waals surface area contributed by atoms with Crippen molar-refractivity contribution in [3.63, 3.8) is 0 Å². The van der Waals surface area contributed by atoms with Crippen LogP contribution >= 0.6 is 0 Å². The van der Waals surface area contributed by atoms with Crippen molar-refractivity contribution < 1.29 is 4.79 Å². The van der Waals surface area contributed by atoms with Gasteiger partial charge in [-0.1, -0.05) is 20.8 Å². The van der Waals surface area contributed by atoms with Crippen LogP contribution in [-0.4, -0.2) is 72.0 Å². The van der Waals surface area contributed by atoms with Crippen LogP contribution in [0, 0.1) is 5.41 Å². The number of hydrogen-bond acceptors (Lipinski definition) is 3. The quantitative estimate of drug-likeness (QED) is 0.737. The highest BCUT2D eigenvalue weighted by Gasteiger charge is 2.40. The summed E-state index contributed by atoms with van der Waals surface area (Å²) < 4.78 is 0. The van der Waals surface area contributed by atoms with Gasteiger partial charge in [-0.25, -0.2) is 0 Å². The minimum atomic E-state index is -0.236. The van der Waals surface area contributed by atoms with Gasteiger partial charge in [0, 0.05) is 49.7 Å². The lowest BCUT2D eigenvalue weighted by molar-refractivity contribution is -0.141. The van der Waals surface area contributed by atoms with Gasteiger partial charge >= 0.3 is 0 Å². The van der Waals surface area contributed by atoms with Crippen molar-refractivity contribution in [2.24, 2.45) is 5.41 Å². The number of piperidine rings is 1. The summed E-state index contributed by atoms with van der Waals surface area (Å²) in [6.45, 7) is 10.5. The van der Waals surface area contributed by atoms with E-state index in [1.54, 1.807) is 0 Å². The monoisotopic (exact) mass is 293 g/mol. The van der Waals surface area contributed by atoms with E-state index in [-0.39, 0.29) is 5.41 Å². The summed E-state index contributed by atoms with van der Waals surface area (Å²) in [6.07, 6.45) is 5.06. The molecule has 21 heavy (non-hydrogen) atoms. The van der Waals surface area contributed by atoms with Gasteiger partial charge in [0.2, 0.25) is 5.91 Å². The molecule has 3 fully saturated rings. The molecule has 3 aliphatic rings. The number of piperazine rings is 1. The van der Waals surface area contributed by atoms with Crippen LogP contribution in [0.2, 0.25) is 0 Å². The average Bonchev–Trinajstić information content (AvgIpc) is 2.66. The number of rotatable bonds is 1. The Balaban J connectivity index is 1.54. The van der Waals surface area contributed by atoms with Crippen molar-refractivity contribution in [1.82, 2.24) is 14.7 Å². The van der Waals surface area contributed by atoms with Crippen molar-refractivity contribution in [3.8, 4) is 0 Å². The number of nitrogens with zero attached hydrogens (tertiary/aromatic N) is 3. The van der Waals surface area contributed by atoms with Crippen molar-refractivity contribution in [1.29, 1.82) is 0 Å². The number of carbonyl (C=O) groups excluding carboxylic acids is 1. The zero-order chi connectivity index (χ0) is 15.2. The molecule has 120 valence electrons. The molecule has 2 unspecified atom stereocenters. The number of amides is 1. The first kappa shape index (κ1) is 15.3. The number of fused-ring (bicyclic) bond motifs is 2. The molecule has 2 bridgehead atoms. The molecule has 4 nitrogen and oxygen atoms in total. The van der Waals surface area contributed by atoms with Gasteiger partial charge in [0.25, 0.3) is 0 Å². The minimum Gasteiger partial charge on any atom is -0.342 e. The molecule has 3 rings (SSSR count). The van der Waals surface area contributed by atoms with E-state index in [9.17, 15) is 4.79 Å². The Morgan fingerprint density at radius 3 is 1.90 bits per heavy atom. The van der Waals surface area contributed by atoms with E-state index in [1.807, 2.05) is 20.8 Å². The Kier molecular flexibility index (Phi) is 4.04. The maximum Gasteiger partial charge on any atom is 0.227 e. The number of carbonyl (C=O) groups is 1. The van der Waals surface area contributed by atoms with Crippen LogP contribution < -0.4 is 0 Å². The lowest BCUT2D eigenvalue weighted by Crippen LogP contribution is -2.57. The van der Waals surface area contributed by atoms with E-state index in [0.717, 1.165) is 38.0 Å². The van der Waals surface area contributed by atoms with Crippen LogP contribution in [0.5, 0.6) is 0 Å². The van der Waals surface area contributed by atoms with E-state index in [1.165, 1.54) is 25.9 Å². The molecule has 3 saturated heterocycles. The second-order valence-corrected chi connectivity index (χ2v) is 8.28. The van der Waals surface area contributed by atoms with E-state index < -0.39 is 0 Å². The fourth-order valence-corrected chi connectivity index (χ4v) is 4.35. The first-order valence-electron chi connectivity index (χ1n) is 8.61. The van der Waals surface area contributed by atoms with Gasteiger partial charge < -0.3 is 4.90 Å². The summed E-state index contributed by atoms with van der Waals surface area (Å²) in [7, 11) is 2.30. The molecule has 0 aromatic carbocycles. The van der Waals surface area contributed by atoms with Crippen molar-refractivity contribution in [2.45, 2.75) is 64.6 Å². The van der Waals surface area contributed by atoms with Gasteiger partial charge in [0.1, 0.15) is 0 Å². The highest BCUT2D eigenvalue weighted by Crippen LogP contribution is 2.31. The molecule has 1 amide bonds. The van der Waals surface area contributed by atoms with Crippen LogP contribution in [0.1, 0.15) is 46.5 Å². The maximum atomic E-state index is 12.4. The third kappa shape index (κ3) is 2.98. The van der Waals surface area contributed by atoms with E-state index in [2.05, 4.69) is 21.7 Å². The second kappa shape index (κ2) is 5.54. The minimum absolute atomic E-state index is 0.236. The third-order valence-corrected chi connectivity index (χ3v) is 5.79. The molecule has 0 spiro atoms. The maximum absolute atomic E-state index is 12.4. The second-order valence-electron chi connectivity index (χ2n) is 8.28. The average molecular weight is 293 g/mol. The first-order chi connectivity index (χ1) is 9.86. The summed E-state index contributed by atoms with van der Waals surface area (Å²) in [5, 5.41) is 0. The van der Waals surface area contributed by atoms with Crippen molar-refractivity contribution in [2.75, 3.05) is 33.2 Å². The topological polar surface area (TPSA) is 26.8 Å². The zero-order valence-corrected chi connectivity index (χ0v) is 14.1. The van der Waals surface area contributed by atoms with Crippen molar-refractivity contribution >= 4 is 5.91 Å². The SMILES string of the molecule is CN1C2CCC1CN(C1CCN(C(=O)C(C)(C)C)CC1)C2. The summed E-state index contributed by atoms with van der Waals surface area (Å²) >= 11 is 0. The molecule has 0 saturated carbocycles. The van der Waals surface area contributed by atoms with E-state index in [0.29, 0.717) is 11.9 Å². The summed E-state index contributed by atoms with van der Waals surface area (Å²) in [5.74, 6) is 0.319. The molecular formula is C17H31N3O. The third-order valence-electron chi connectivity index (χ3n) is 5.79. The van der Waals surface area contributed by atoms with Crippen molar-refractivity contribution in [3.05, 3.63) is 0 Å². The van der Waals surface area contributed by atoms with Gasteiger partial charge in [0.05, 0.1) is 0 Å². The fraction of sp³-hybridized carbons (Fsp3) is 0.941. The predicted octanol–water partition coefficient (Wildman–Crippen LogP) is 1.80. The molecule has 0 N–H and O–H groups in total. The van der Waals surface area contributed by atoms with Crippen LogP contribution in [0.15, 0.2) is 0 Å². The van der Waals surface area contributed by atoms with Crippen LogP contribution in [0.25, 0.3) is 0 Å². The van der Waals surface area contributed by atoms with Gasteiger partial charge in [-0.3, -0.25) is 14.6 Å². The Bertz CT molecular complexity index is 381. The predicted molar refractivity (Wildman–Crippen MR) is 85.2 cm³/mol. The highest BCUT2D eigenvalue weighted by atomic mass is 16.2. The summed E-state index contributed by atoms with van der Waals surface area (Å²) in [5.41, 5.74) is -0.236. The summed E-state index contributed by atoms with van der Waals surface area (Å²) in [4.78, 5) is 19.8. The number of hydrogen-bond donors (Lipinski definition) is 0. The zero-order valence-electron chi connectivity index (χ0n) is 14.1. The fourth-order valence-electron chi connectivity index (χ4n) is 4.35. The van der Waals surface area contributed by atoms with Gasteiger partial charge in [-0.05, 0) is 32.7 Å². The summed E-state index contributed by atoms with van der Waals surface area (Å²) in [6, 6.07) is 2.25. The molecule has 4 heteroatoms. The van der Waals surface area contributed by atoms with E-state index >= 15 is 0 Å². The lowest BCUT2D eigenvalue weighted by Gasteiger charge is -2.46. The number of likely N-dealkylation sites (tertiary alicyclic amines) is 2. The molecule has 0 aromatic heterocycles. The Morgan fingerprint density at radius 2 is 1.43 bits per heavy atom. The normalized spacial score (nSPS) is 32.7. The molecule has 3 aliphatic heterocycles. The molecule has 2 atom stereocenters. The van der Waals surface area contributed by atoms with Crippen LogP contribution in [0.3, 0.4) is 0 Å². The molecule has 0 aromatic rings. The van der Waals surface area contributed by atoms with Gasteiger partial charge in [0.15, 0.2) is 0 Å². The Labute approximate surface area is 129 Å². The standard InChI is InChI=1S/C17H31N3O/c1-17(2,3)16(21)19-9-7-13(8-10-19)20-11-14-5-6-15(12-20)18(14)4/h13-15H,5-12H2,1-4H3. The highest BCUT2D eigenvalue weighted by molar-refractivity contribution is 5.81. The lowest BCUT2D eigenvalue weighted by atomic mass is 9.92. The molecule has 3 heterocycles. The first-order valence-corrected chi connectivity index (χ1v) is 8.61. The molecular weight excluding hydrogens is 262 g/mol. The molecule has 0 radical (unpaired) electrons. The molecule has 0 aliphatic carbocycles. The number of likely N-dealkylation sites (N-methyl/N-ethyl adjacent to an activating group) is 1. The Morgan fingerprint density at radius 1 is 0.905 bits per heavy atom. The smallest absolute Gasteiger partial charge is 0.227 e. The van der Waals surface area contributed by atoms with Crippen LogP contribution in [0.4, 0.5) is 0 Å². The van der Waals surface area contributed by atoms with E-state index in [4.69, 9.17) is 0 Å². The largest absolute Gasteiger partial charge is 0.342 e. The van der Waals surface area contributed by atoms with Gasteiger partial charge in [-0.15, -0.1) is 0 Å². The van der Waals surface area contributed by atoms with Gasteiger partial charge in [-0.2, -0.15) is 0 Å². The Hall–Kier alpha value is -0.610. The van der Waals surface area contributed by atoms with Crippen LogP contribution in [-0.2, 0) is 4.79 Å².